The number of para-hydroxylation sites is 1. The van der Waals surface area contributed by atoms with Crippen LogP contribution in [-0.4, -0.2) is 36.6 Å². The van der Waals surface area contributed by atoms with E-state index in [1.54, 1.807) is 0 Å². The number of nitrogens with zero attached hydrogens (tertiary/aromatic N) is 5. The maximum Gasteiger partial charge on any atom is 0.252 e. The van der Waals surface area contributed by atoms with Crippen molar-refractivity contribution in [3.63, 3.8) is 0 Å². The van der Waals surface area contributed by atoms with Crippen LogP contribution in [0.15, 0.2) is 53.3 Å². The van der Waals surface area contributed by atoms with Gasteiger partial charge in [0.1, 0.15) is 0 Å². The molecular weight excluding hydrogens is 448 g/mol. The van der Waals surface area contributed by atoms with Crippen molar-refractivity contribution in [2.75, 3.05) is 6.54 Å². The number of hydrogen-bond acceptors (Lipinski definition) is 5. The first-order valence-electron chi connectivity index (χ1n) is 13.2. The van der Waals surface area contributed by atoms with E-state index >= 15 is 0 Å². The van der Waals surface area contributed by atoms with Crippen molar-refractivity contribution in [1.29, 1.82) is 0 Å². The van der Waals surface area contributed by atoms with Crippen LogP contribution in [0.3, 0.4) is 0 Å². The Hall–Kier alpha value is -3.32. The molecule has 0 amide bonds. The molecule has 0 saturated heterocycles. The van der Waals surface area contributed by atoms with Crippen LogP contribution in [0.5, 0.6) is 0 Å². The quantitative estimate of drug-likeness (QED) is 0.342. The zero-order valence-corrected chi connectivity index (χ0v) is 21.6. The molecule has 1 fully saturated rings. The molecule has 7 heteroatoms. The summed E-state index contributed by atoms with van der Waals surface area (Å²) in [7, 11) is 0. The topological polar surface area (TPSA) is 79.7 Å². The fourth-order valence-electron chi connectivity index (χ4n) is 5.68. The summed E-state index contributed by atoms with van der Waals surface area (Å²) in [6, 6.07) is 17.2. The second kappa shape index (κ2) is 10.7. The van der Waals surface area contributed by atoms with Crippen molar-refractivity contribution in [2.45, 2.75) is 77.9 Å². The van der Waals surface area contributed by atoms with Gasteiger partial charge >= 0.3 is 0 Å². The molecule has 1 aliphatic rings. The van der Waals surface area contributed by atoms with Crippen LogP contribution in [0.4, 0.5) is 0 Å². The Morgan fingerprint density at radius 2 is 1.92 bits per heavy atom. The molecule has 1 N–H and O–H groups in total. The van der Waals surface area contributed by atoms with E-state index in [9.17, 15) is 4.79 Å². The lowest BCUT2D eigenvalue weighted by Crippen LogP contribution is -2.34. The Bertz CT molecular complexity index is 1380. The van der Waals surface area contributed by atoms with E-state index in [0.29, 0.717) is 12.6 Å². The molecule has 2 heterocycles. The van der Waals surface area contributed by atoms with Crippen LogP contribution < -0.4 is 5.56 Å². The van der Waals surface area contributed by atoms with Gasteiger partial charge in [0.05, 0.1) is 17.6 Å². The standard InChI is InChI=1S/C29H36N6O/c1-4-26(28-31-32-33-35(28)25-13-5-6-14-25)34(16-15-22-11-7-9-20(2)17-22)19-24-18-23-12-8-10-21(3)27(23)30-29(24)36/h7-12,17-18,25-26H,4-6,13-16,19H2,1-3H3,(H,30,36)/t26-/m1/s1. The zero-order valence-electron chi connectivity index (χ0n) is 21.6. The van der Waals surface area contributed by atoms with Gasteiger partial charge in [0.2, 0.25) is 0 Å². The molecule has 188 valence electrons. The smallest absolute Gasteiger partial charge is 0.252 e. The van der Waals surface area contributed by atoms with Gasteiger partial charge in [-0.2, -0.15) is 0 Å². The Morgan fingerprint density at radius 1 is 1.11 bits per heavy atom. The first-order chi connectivity index (χ1) is 17.5. The van der Waals surface area contributed by atoms with Gasteiger partial charge in [-0.3, -0.25) is 9.69 Å². The van der Waals surface area contributed by atoms with Gasteiger partial charge in [-0.25, -0.2) is 4.68 Å². The summed E-state index contributed by atoms with van der Waals surface area (Å²) in [6.07, 6.45) is 6.47. The molecule has 0 radical (unpaired) electrons. The Morgan fingerprint density at radius 3 is 2.69 bits per heavy atom. The first kappa shape index (κ1) is 24.4. The maximum absolute atomic E-state index is 13.2. The third-order valence-electron chi connectivity index (χ3n) is 7.62. The fourth-order valence-corrected chi connectivity index (χ4v) is 5.68. The van der Waals surface area contributed by atoms with Crippen LogP contribution in [-0.2, 0) is 13.0 Å². The maximum atomic E-state index is 13.2. The highest BCUT2D eigenvalue weighted by Crippen LogP contribution is 2.33. The number of fused-ring (bicyclic) bond motifs is 1. The van der Waals surface area contributed by atoms with Gasteiger partial charge in [0.15, 0.2) is 5.82 Å². The monoisotopic (exact) mass is 484 g/mol. The van der Waals surface area contributed by atoms with E-state index in [2.05, 4.69) is 74.3 Å². The van der Waals surface area contributed by atoms with Crippen molar-refractivity contribution in [3.8, 4) is 0 Å². The number of tetrazole rings is 1. The highest BCUT2D eigenvalue weighted by molar-refractivity contribution is 5.81. The van der Waals surface area contributed by atoms with E-state index in [1.165, 1.54) is 24.0 Å². The third kappa shape index (κ3) is 5.12. The molecule has 2 aromatic heterocycles. The number of H-pyrrole nitrogens is 1. The third-order valence-corrected chi connectivity index (χ3v) is 7.62. The second-order valence-electron chi connectivity index (χ2n) is 10.2. The number of aromatic amines is 1. The van der Waals surface area contributed by atoms with Crippen molar-refractivity contribution in [1.82, 2.24) is 30.1 Å². The van der Waals surface area contributed by atoms with Crippen molar-refractivity contribution < 1.29 is 0 Å². The highest BCUT2D eigenvalue weighted by Gasteiger charge is 2.29. The summed E-state index contributed by atoms with van der Waals surface area (Å²) in [6.45, 7) is 7.70. The minimum Gasteiger partial charge on any atom is -0.321 e. The SMILES string of the molecule is CC[C@H](c1nnnn1C1CCCC1)N(CCc1cccc(C)c1)Cc1cc2cccc(C)c2[nH]c1=O. The van der Waals surface area contributed by atoms with E-state index in [4.69, 9.17) is 0 Å². The average Bonchev–Trinajstić information content (AvgIpc) is 3.56. The summed E-state index contributed by atoms with van der Waals surface area (Å²) in [5.41, 5.74) is 5.30. The molecule has 0 bridgehead atoms. The van der Waals surface area contributed by atoms with Crippen LogP contribution in [0, 0.1) is 13.8 Å². The number of benzene rings is 2. The minimum absolute atomic E-state index is 0.0254. The van der Waals surface area contributed by atoms with Gasteiger partial charge in [0.25, 0.3) is 5.56 Å². The number of rotatable bonds is 9. The number of hydrogen-bond donors (Lipinski definition) is 1. The molecule has 0 spiro atoms. The second-order valence-corrected chi connectivity index (χ2v) is 10.2. The molecule has 7 nitrogen and oxygen atoms in total. The summed E-state index contributed by atoms with van der Waals surface area (Å²) in [4.78, 5) is 18.7. The van der Waals surface area contributed by atoms with Gasteiger partial charge in [-0.05, 0) is 72.5 Å². The molecule has 1 saturated carbocycles. The number of nitrogens with one attached hydrogen (secondary N) is 1. The van der Waals surface area contributed by atoms with E-state index < -0.39 is 0 Å². The average molecular weight is 485 g/mol. The zero-order chi connectivity index (χ0) is 25.1. The lowest BCUT2D eigenvalue weighted by atomic mass is 10.0. The highest BCUT2D eigenvalue weighted by atomic mass is 16.1. The largest absolute Gasteiger partial charge is 0.321 e. The van der Waals surface area contributed by atoms with Crippen molar-refractivity contribution in [3.05, 3.63) is 87.0 Å². The van der Waals surface area contributed by atoms with E-state index in [-0.39, 0.29) is 11.6 Å². The molecule has 1 aliphatic carbocycles. The van der Waals surface area contributed by atoms with Gasteiger partial charge in [0, 0.05) is 18.7 Å². The van der Waals surface area contributed by atoms with E-state index in [0.717, 1.165) is 60.1 Å². The molecule has 5 rings (SSSR count). The Labute approximate surface area is 212 Å². The predicted molar refractivity (Wildman–Crippen MR) is 143 cm³/mol. The van der Waals surface area contributed by atoms with Gasteiger partial charge in [-0.1, -0.05) is 67.8 Å². The summed E-state index contributed by atoms with van der Waals surface area (Å²) < 4.78 is 2.06. The Balaban J connectivity index is 1.49. The lowest BCUT2D eigenvalue weighted by Gasteiger charge is -2.31. The van der Waals surface area contributed by atoms with E-state index in [1.807, 2.05) is 25.1 Å². The molecular formula is C29H36N6O. The van der Waals surface area contributed by atoms with Gasteiger partial charge in [-0.15, -0.1) is 5.10 Å². The minimum atomic E-state index is -0.0254. The lowest BCUT2D eigenvalue weighted by molar-refractivity contribution is 0.169. The molecule has 0 unspecified atom stereocenters. The number of aromatic nitrogens is 5. The van der Waals surface area contributed by atoms with Crippen LogP contribution in [0.1, 0.15) is 79.2 Å². The van der Waals surface area contributed by atoms with Crippen molar-refractivity contribution >= 4 is 10.9 Å². The molecule has 4 aromatic rings. The molecule has 2 aromatic carbocycles. The summed E-state index contributed by atoms with van der Waals surface area (Å²) in [5, 5.41) is 14.1. The molecule has 1 atom stereocenters. The summed E-state index contributed by atoms with van der Waals surface area (Å²) >= 11 is 0. The van der Waals surface area contributed by atoms with Crippen molar-refractivity contribution in [2.24, 2.45) is 0 Å². The normalized spacial score (nSPS) is 15.2. The molecule has 36 heavy (non-hydrogen) atoms. The van der Waals surface area contributed by atoms with Crippen LogP contribution in [0.25, 0.3) is 10.9 Å². The number of aryl methyl sites for hydroxylation is 2. The summed E-state index contributed by atoms with van der Waals surface area (Å²) in [5.74, 6) is 0.918. The Kier molecular flexibility index (Phi) is 7.28. The van der Waals surface area contributed by atoms with Gasteiger partial charge < -0.3 is 4.98 Å². The predicted octanol–water partition coefficient (Wildman–Crippen LogP) is 5.44. The van der Waals surface area contributed by atoms with Crippen LogP contribution >= 0.6 is 0 Å². The first-order valence-corrected chi connectivity index (χ1v) is 13.2. The van der Waals surface area contributed by atoms with Crippen LogP contribution in [0.2, 0.25) is 0 Å². The fraction of sp³-hybridized carbons (Fsp3) is 0.448. The molecule has 0 aliphatic heterocycles. The number of pyridine rings is 1.